The number of hydrogen-bond donors (Lipinski definition) is 1. The molecule has 0 spiro atoms. The van der Waals surface area contributed by atoms with Crippen LogP contribution in [0, 0.1) is 5.92 Å². The van der Waals surface area contributed by atoms with Crippen molar-refractivity contribution in [2.75, 3.05) is 39.0 Å². The molecule has 1 aromatic heterocycles. The molecule has 1 fully saturated rings. The Balaban J connectivity index is 0.00000162. The normalized spacial score (nSPS) is 20.3. The van der Waals surface area contributed by atoms with Crippen molar-refractivity contribution in [1.29, 1.82) is 0 Å². The highest BCUT2D eigenvalue weighted by atomic mass is 35.5. The van der Waals surface area contributed by atoms with E-state index in [0.717, 1.165) is 19.0 Å². The van der Waals surface area contributed by atoms with Crippen LogP contribution in [0.5, 0.6) is 0 Å². The van der Waals surface area contributed by atoms with Crippen LogP contribution in [0.3, 0.4) is 0 Å². The Bertz CT molecular complexity index is 358. The van der Waals surface area contributed by atoms with E-state index in [2.05, 4.69) is 28.8 Å². The number of likely N-dealkylation sites (tertiary alicyclic amines) is 1. The summed E-state index contributed by atoms with van der Waals surface area (Å²) in [5.74, 6) is 0.824. The number of rotatable bonds is 5. The zero-order valence-electron chi connectivity index (χ0n) is 11.1. The zero-order chi connectivity index (χ0) is 12.3. The molecule has 1 aromatic rings. The second-order valence-electron chi connectivity index (χ2n) is 4.91. The number of hydrogen-bond acceptors (Lipinski definition) is 5. The molecular formula is C12H23ClN4S. The number of aromatic nitrogens is 1. The standard InChI is InChI=1S/C12H22N4S.ClH/c1-3-15(2)7-10-4-5-16(8-10)9-11-6-14-12(13)17-11;/h6,10H,3-5,7-9H2,1-2H3,(H2,13,14);1H. The number of anilines is 1. The smallest absolute Gasteiger partial charge is 0.180 e. The zero-order valence-corrected chi connectivity index (χ0v) is 12.8. The first-order chi connectivity index (χ1) is 8.17. The van der Waals surface area contributed by atoms with Crippen LogP contribution in [0.2, 0.25) is 0 Å². The molecule has 2 rings (SSSR count). The summed E-state index contributed by atoms with van der Waals surface area (Å²) in [7, 11) is 2.20. The van der Waals surface area contributed by atoms with Crippen LogP contribution in [-0.4, -0.2) is 48.0 Å². The molecule has 18 heavy (non-hydrogen) atoms. The summed E-state index contributed by atoms with van der Waals surface area (Å²) in [6.07, 6.45) is 3.23. The van der Waals surface area contributed by atoms with Crippen molar-refractivity contribution in [3.63, 3.8) is 0 Å². The summed E-state index contributed by atoms with van der Waals surface area (Å²) < 4.78 is 0. The molecule has 0 bridgehead atoms. The Hall–Kier alpha value is -0.360. The summed E-state index contributed by atoms with van der Waals surface area (Å²) >= 11 is 1.61. The van der Waals surface area contributed by atoms with Crippen molar-refractivity contribution in [2.24, 2.45) is 5.92 Å². The summed E-state index contributed by atoms with van der Waals surface area (Å²) in [4.78, 5) is 10.3. The average molecular weight is 291 g/mol. The van der Waals surface area contributed by atoms with Gasteiger partial charge in [-0.15, -0.1) is 23.7 Å². The van der Waals surface area contributed by atoms with Gasteiger partial charge in [-0.3, -0.25) is 4.90 Å². The number of nitrogen functional groups attached to an aromatic ring is 1. The lowest BCUT2D eigenvalue weighted by Crippen LogP contribution is -2.27. The molecule has 0 aromatic carbocycles. The summed E-state index contributed by atoms with van der Waals surface area (Å²) in [5, 5.41) is 0.682. The minimum absolute atomic E-state index is 0. The lowest BCUT2D eigenvalue weighted by molar-refractivity contribution is 0.268. The predicted molar refractivity (Wildman–Crippen MR) is 80.3 cm³/mol. The van der Waals surface area contributed by atoms with Gasteiger partial charge in [-0.1, -0.05) is 6.92 Å². The Kier molecular flexibility index (Phi) is 6.35. The number of nitrogens with zero attached hydrogens (tertiary/aromatic N) is 3. The molecule has 4 nitrogen and oxygen atoms in total. The predicted octanol–water partition coefficient (Wildman–Crippen LogP) is 1.92. The highest BCUT2D eigenvalue weighted by molar-refractivity contribution is 7.15. The average Bonchev–Trinajstić information content (AvgIpc) is 2.89. The summed E-state index contributed by atoms with van der Waals surface area (Å²) in [5.41, 5.74) is 5.65. The molecule has 6 heteroatoms. The fraction of sp³-hybridized carbons (Fsp3) is 0.750. The largest absolute Gasteiger partial charge is 0.375 e. The molecule has 1 saturated heterocycles. The van der Waals surface area contributed by atoms with Crippen molar-refractivity contribution in [3.05, 3.63) is 11.1 Å². The molecule has 0 amide bonds. The van der Waals surface area contributed by atoms with Gasteiger partial charge in [-0.25, -0.2) is 4.98 Å². The molecule has 1 aliphatic heterocycles. The molecular weight excluding hydrogens is 268 g/mol. The van der Waals surface area contributed by atoms with E-state index in [1.807, 2.05) is 6.20 Å². The highest BCUT2D eigenvalue weighted by Gasteiger charge is 2.23. The first-order valence-corrected chi connectivity index (χ1v) is 7.10. The maximum Gasteiger partial charge on any atom is 0.180 e. The first-order valence-electron chi connectivity index (χ1n) is 6.28. The van der Waals surface area contributed by atoms with E-state index in [1.165, 1.54) is 30.9 Å². The van der Waals surface area contributed by atoms with Gasteiger partial charge in [0, 0.05) is 30.7 Å². The molecule has 1 aliphatic rings. The minimum Gasteiger partial charge on any atom is -0.375 e. The van der Waals surface area contributed by atoms with E-state index in [-0.39, 0.29) is 12.4 Å². The van der Waals surface area contributed by atoms with E-state index in [4.69, 9.17) is 5.73 Å². The molecule has 1 atom stereocenters. The van der Waals surface area contributed by atoms with Gasteiger partial charge in [0.2, 0.25) is 0 Å². The van der Waals surface area contributed by atoms with Gasteiger partial charge >= 0.3 is 0 Å². The quantitative estimate of drug-likeness (QED) is 0.900. The fourth-order valence-electron chi connectivity index (χ4n) is 2.39. The van der Waals surface area contributed by atoms with Gasteiger partial charge < -0.3 is 10.6 Å². The van der Waals surface area contributed by atoms with Crippen LogP contribution in [-0.2, 0) is 6.54 Å². The van der Waals surface area contributed by atoms with Crippen LogP contribution in [0.15, 0.2) is 6.20 Å². The lowest BCUT2D eigenvalue weighted by Gasteiger charge is -2.19. The maximum atomic E-state index is 5.65. The van der Waals surface area contributed by atoms with E-state index >= 15 is 0 Å². The second-order valence-corrected chi connectivity index (χ2v) is 6.06. The van der Waals surface area contributed by atoms with Crippen LogP contribution in [0.25, 0.3) is 0 Å². The minimum atomic E-state index is 0. The van der Waals surface area contributed by atoms with Crippen molar-refractivity contribution < 1.29 is 0 Å². The van der Waals surface area contributed by atoms with E-state index in [0.29, 0.717) is 5.13 Å². The molecule has 2 N–H and O–H groups in total. The second kappa shape index (κ2) is 7.28. The van der Waals surface area contributed by atoms with Gasteiger partial charge in [0.15, 0.2) is 5.13 Å². The van der Waals surface area contributed by atoms with Gasteiger partial charge in [0.1, 0.15) is 0 Å². The molecule has 1 unspecified atom stereocenters. The van der Waals surface area contributed by atoms with E-state index in [9.17, 15) is 0 Å². The van der Waals surface area contributed by atoms with Crippen molar-refractivity contribution in [1.82, 2.24) is 14.8 Å². The lowest BCUT2D eigenvalue weighted by atomic mass is 10.1. The fourth-order valence-corrected chi connectivity index (χ4v) is 3.12. The number of halogens is 1. The van der Waals surface area contributed by atoms with Crippen LogP contribution in [0.1, 0.15) is 18.2 Å². The third-order valence-electron chi connectivity index (χ3n) is 3.43. The van der Waals surface area contributed by atoms with Crippen LogP contribution >= 0.6 is 23.7 Å². The van der Waals surface area contributed by atoms with Crippen molar-refractivity contribution in [2.45, 2.75) is 19.9 Å². The SMILES string of the molecule is CCN(C)CC1CCN(Cc2cnc(N)s2)C1.Cl. The Morgan fingerprint density at radius 3 is 3.00 bits per heavy atom. The van der Waals surface area contributed by atoms with Gasteiger partial charge in [-0.05, 0) is 32.5 Å². The third kappa shape index (κ3) is 4.39. The van der Waals surface area contributed by atoms with Crippen LogP contribution < -0.4 is 5.73 Å². The van der Waals surface area contributed by atoms with Gasteiger partial charge in [0.05, 0.1) is 0 Å². The van der Waals surface area contributed by atoms with Gasteiger partial charge in [0.25, 0.3) is 0 Å². The molecule has 0 saturated carbocycles. The first kappa shape index (κ1) is 15.7. The van der Waals surface area contributed by atoms with Gasteiger partial charge in [-0.2, -0.15) is 0 Å². The number of thiazole rings is 1. The van der Waals surface area contributed by atoms with E-state index in [1.54, 1.807) is 11.3 Å². The van der Waals surface area contributed by atoms with Crippen molar-refractivity contribution >= 4 is 28.9 Å². The highest BCUT2D eigenvalue weighted by Crippen LogP contribution is 2.22. The molecule has 0 aliphatic carbocycles. The third-order valence-corrected chi connectivity index (χ3v) is 4.24. The Morgan fingerprint density at radius 2 is 2.39 bits per heavy atom. The Labute approximate surface area is 120 Å². The molecule has 104 valence electrons. The number of nitrogens with two attached hydrogens (primary N) is 1. The van der Waals surface area contributed by atoms with E-state index < -0.39 is 0 Å². The molecule has 0 radical (unpaired) electrons. The van der Waals surface area contributed by atoms with Crippen LogP contribution in [0.4, 0.5) is 5.13 Å². The summed E-state index contributed by atoms with van der Waals surface area (Å²) in [6.45, 7) is 8.01. The maximum absolute atomic E-state index is 5.65. The summed E-state index contributed by atoms with van der Waals surface area (Å²) in [6, 6.07) is 0. The Morgan fingerprint density at radius 1 is 1.61 bits per heavy atom. The molecule has 2 heterocycles. The monoisotopic (exact) mass is 290 g/mol. The topological polar surface area (TPSA) is 45.4 Å². The van der Waals surface area contributed by atoms with Crippen molar-refractivity contribution in [3.8, 4) is 0 Å².